The molecular weight excluding hydrogens is 160 g/mol. The lowest BCUT2D eigenvalue weighted by Gasteiger charge is -1.97. The molecule has 0 fully saturated rings. The van der Waals surface area contributed by atoms with E-state index in [-0.39, 0.29) is 0 Å². The number of hydrogen-bond acceptors (Lipinski definition) is 2. The quantitative estimate of drug-likeness (QED) is 0.710. The van der Waals surface area contributed by atoms with Gasteiger partial charge in [0, 0.05) is 12.4 Å². The molecule has 0 atom stereocenters. The molecular formula is C11H16N2. The van der Waals surface area contributed by atoms with Crippen molar-refractivity contribution in [2.24, 2.45) is 0 Å². The fraction of sp³-hybridized carbons (Fsp3) is 0.364. The van der Waals surface area contributed by atoms with Crippen molar-refractivity contribution < 1.29 is 0 Å². The van der Waals surface area contributed by atoms with Gasteiger partial charge in [0.2, 0.25) is 0 Å². The monoisotopic (exact) mass is 176 g/mol. The van der Waals surface area contributed by atoms with Crippen molar-refractivity contribution in [3.63, 3.8) is 0 Å². The van der Waals surface area contributed by atoms with Crippen molar-refractivity contribution in [1.29, 1.82) is 0 Å². The fourth-order valence-corrected chi connectivity index (χ4v) is 1.09. The van der Waals surface area contributed by atoms with Gasteiger partial charge in [0.25, 0.3) is 0 Å². The van der Waals surface area contributed by atoms with Crippen molar-refractivity contribution in [1.82, 2.24) is 10.3 Å². The Hall–Kier alpha value is -1.15. The molecule has 1 N–H and O–H groups in total. The third-order valence-corrected chi connectivity index (χ3v) is 1.94. The van der Waals surface area contributed by atoms with Crippen molar-refractivity contribution in [3.05, 3.63) is 35.7 Å². The van der Waals surface area contributed by atoms with Gasteiger partial charge in [-0.1, -0.05) is 12.2 Å². The topological polar surface area (TPSA) is 24.9 Å². The van der Waals surface area contributed by atoms with E-state index in [1.54, 1.807) is 0 Å². The molecule has 0 aromatic carbocycles. The smallest absolute Gasteiger partial charge is 0.0342 e. The Morgan fingerprint density at radius 1 is 1.54 bits per heavy atom. The first-order valence-corrected chi connectivity index (χ1v) is 4.56. The number of rotatable bonds is 4. The third kappa shape index (κ3) is 3.38. The zero-order chi connectivity index (χ0) is 9.52. The molecule has 13 heavy (non-hydrogen) atoms. The van der Waals surface area contributed by atoms with Crippen LogP contribution in [0.4, 0.5) is 0 Å². The first kappa shape index (κ1) is 9.93. The summed E-state index contributed by atoms with van der Waals surface area (Å²) in [4.78, 5) is 4.08. The van der Waals surface area contributed by atoms with E-state index in [1.807, 2.05) is 25.5 Å². The highest BCUT2D eigenvalue weighted by Crippen LogP contribution is 2.06. The lowest BCUT2D eigenvalue weighted by Crippen LogP contribution is -2.05. The van der Waals surface area contributed by atoms with E-state index in [0.29, 0.717) is 0 Å². The summed E-state index contributed by atoms with van der Waals surface area (Å²) >= 11 is 0. The normalized spacial score (nSPS) is 10.9. The molecule has 0 spiro atoms. The predicted molar refractivity (Wildman–Crippen MR) is 56.6 cm³/mol. The highest BCUT2D eigenvalue weighted by molar-refractivity contribution is 5.51. The van der Waals surface area contributed by atoms with Gasteiger partial charge in [0.1, 0.15) is 0 Å². The molecule has 0 amide bonds. The van der Waals surface area contributed by atoms with E-state index >= 15 is 0 Å². The second-order valence-electron chi connectivity index (χ2n) is 3.03. The second kappa shape index (κ2) is 5.49. The average Bonchev–Trinajstić information content (AvgIpc) is 2.15. The molecule has 1 rings (SSSR count). The number of nitrogens with zero attached hydrogens (tertiary/aromatic N) is 1. The predicted octanol–water partition coefficient (Wildman–Crippen LogP) is 2.01. The van der Waals surface area contributed by atoms with Gasteiger partial charge in [-0.15, -0.1) is 0 Å². The van der Waals surface area contributed by atoms with Crippen LogP contribution in [0.5, 0.6) is 0 Å². The maximum Gasteiger partial charge on any atom is 0.0342 e. The van der Waals surface area contributed by atoms with Crippen molar-refractivity contribution >= 4 is 6.08 Å². The SMILES string of the molecule is CNCCC=Cc1cnccc1C. The number of aryl methyl sites for hydroxylation is 1. The number of pyridine rings is 1. The molecule has 1 aromatic heterocycles. The van der Waals surface area contributed by atoms with Crippen molar-refractivity contribution in [2.45, 2.75) is 13.3 Å². The van der Waals surface area contributed by atoms with E-state index in [9.17, 15) is 0 Å². The molecule has 1 heterocycles. The first-order chi connectivity index (χ1) is 6.34. The van der Waals surface area contributed by atoms with Crippen LogP contribution in [0.25, 0.3) is 6.08 Å². The summed E-state index contributed by atoms with van der Waals surface area (Å²) in [5, 5.41) is 3.10. The summed E-state index contributed by atoms with van der Waals surface area (Å²) in [5.74, 6) is 0. The zero-order valence-corrected chi connectivity index (χ0v) is 8.25. The largest absolute Gasteiger partial charge is 0.319 e. The van der Waals surface area contributed by atoms with Crippen molar-refractivity contribution in [3.8, 4) is 0 Å². The molecule has 0 aliphatic rings. The van der Waals surface area contributed by atoms with Crippen LogP contribution in [0.3, 0.4) is 0 Å². The molecule has 0 saturated carbocycles. The van der Waals surface area contributed by atoms with Crippen LogP contribution in [0.15, 0.2) is 24.5 Å². The van der Waals surface area contributed by atoms with E-state index in [0.717, 1.165) is 13.0 Å². The third-order valence-electron chi connectivity index (χ3n) is 1.94. The summed E-state index contributed by atoms with van der Waals surface area (Å²) in [5.41, 5.74) is 2.48. The van der Waals surface area contributed by atoms with Gasteiger partial charge < -0.3 is 5.32 Å². The van der Waals surface area contributed by atoms with Gasteiger partial charge in [-0.05, 0) is 44.1 Å². The summed E-state index contributed by atoms with van der Waals surface area (Å²) < 4.78 is 0. The standard InChI is InChI=1S/C11H16N2/c1-10-6-8-13-9-11(10)5-3-4-7-12-2/h3,5-6,8-9,12H,4,7H2,1-2H3. The summed E-state index contributed by atoms with van der Waals surface area (Å²) in [6, 6.07) is 2.03. The minimum Gasteiger partial charge on any atom is -0.319 e. The maximum absolute atomic E-state index is 4.08. The molecule has 2 heteroatoms. The van der Waals surface area contributed by atoms with E-state index in [4.69, 9.17) is 0 Å². The molecule has 70 valence electrons. The lowest BCUT2D eigenvalue weighted by molar-refractivity contribution is 0.809. The highest BCUT2D eigenvalue weighted by Gasteiger charge is 1.90. The van der Waals surface area contributed by atoms with E-state index < -0.39 is 0 Å². The van der Waals surface area contributed by atoms with Gasteiger partial charge >= 0.3 is 0 Å². The van der Waals surface area contributed by atoms with Gasteiger partial charge in [0.15, 0.2) is 0 Å². The van der Waals surface area contributed by atoms with Crippen LogP contribution in [-0.2, 0) is 0 Å². The minimum absolute atomic E-state index is 1.02. The second-order valence-corrected chi connectivity index (χ2v) is 3.03. The van der Waals surface area contributed by atoms with Gasteiger partial charge in [-0.2, -0.15) is 0 Å². The van der Waals surface area contributed by atoms with Crippen LogP contribution in [0.1, 0.15) is 17.5 Å². The van der Waals surface area contributed by atoms with E-state index in [1.165, 1.54) is 11.1 Å². The molecule has 0 aliphatic carbocycles. The highest BCUT2D eigenvalue weighted by atomic mass is 14.8. The average molecular weight is 176 g/mol. The number of nitrogens with one attached hydrogen (secondary N) is 1. The Morgan fingerprint density at radius 3 is 3.08 bits per heavy atom. The van der Waals surface area contributed by atoms with Crippen LogP contribution in [0.2, 0.25) is 0 Å². The van der Waals surface area contributed by atoms with Gasteiger partial charge in [-0.3, -0.25) is 4.98 Å². The number of hydrogen-bond donors (Lipinski definition) is 1. The molecule has 0 radical (unpaired) electrons. The molecule has 0 bridgehead atoms. The van der Waals surface area contributed by atoms with Crippen molar-refractivity contribution in [2.75, 3.05) is 13.6 Å². The van der Waals surface area contributed by atoms with Gasteiger partial charge in [-0.25, -0.2) is 0 Å². The minimum atomic E-state index is 1.02. The van der Waals surface area contributed by atoms with E-state index in [2.05, 4.69) is 29.4 Å². The Morgan fingerprint density at radius 2 is 2.38 bits per heavy atom. The summed E-state index contributed by atoms with van der Waals surface area (Å²) in [7, 11) is 1.96. The van der Waals surface area contributed by atoms with Crippen LogP contribution >= 0.6 is 0 Å². The van der Waals surface area contributed by atoms with Crippen LogP contribution in [0, 0.1) is 6.92 Å². The Kier molecular flexibility index (Phi) is 4.19. The number of aromatic nitrogens is 1. The first-order valence-electron chi connectivity index (χ1n) is 4.56. The molecule has 1 aromatic rings. The Labute approximate surface area is 79.7 Å². The summed E-state index contributed by atoms with van der Waals surface area (Å²) in [6.45, 7) is 3.12. The molecule has 0 unspecified atom stereocenters. The lowest BCUT2D eigenvalue weighted by atomic mass is 10.1. The fourth-order valence-electron chi connectivity index (χ4n) is 1.09. The van der Waals surface area contributed by atoms with Gasteiger partial charge in [0.05, 0.1) is 0 Å². The maximum atomic E-state index is 4.08. The molecule has 0 saturated heterocycles. The molecule has 0 aliphatic heterocycles. The molecule has 2 nitrogen and oxygen atoms in total. The zero-order valence-electron chi connectivity index (χ0n) is 8.25. The van der Waals surface area contributed by atoms with Crippen LogP contribution < -0.4 is 5.32 Å². The summed E-state index contributed by atoms with van der Waals surface area (Å²) in [6.07, 6.45) is 9.07. The van der Waals surface area contributed by atoms with Crippen LogP contribution in [-0.4, -0.2) is 18.6 Å². The Balaban J connectivity index is 2.53. The Bertz CT molecular complexity index is 279.